The lowest BCUT2D eigenvalue weighted by atomic mass is 10.1. The molecule has 1 aromatic carbocycles. The molecule has 20 heavy (non-hydrogen) atoms. The van der Waals surface area contributed by atoms with Crippen molar-refractivity contribution in [3.63, 3.8) is 0 Å². The summed E-state index contributed by atoms with van der Waals surface area (Å²) >= 11 is 0. The second-order valence-electron chi connectivity index (χ2n) is 5.25. The molecule has 2 unspecified atom stereocenters. The van der Waals surface area contributed by atoms with Gasteiger partial charge in [-0.15, -0.1) is 0 Å². The van der Waals surface area contributed by atoms with Crippen molar-refractivity contribution in [2.24, 2.45) is 10.9 Å². The van der Waals surface area contributed by atoms with Crippen molar-refractivity contribution in [2.45, 2.75) is 32.7 Å². The fraction of sp³-hybridized carbons (Fsp3) is 0.533. The number of hydrogen-bond donors (Lipinski definition) is 2. The lowest BCUT2D eigenvalue weighted by Crippen LogP contribution is -2.39. The van der Waals surface area contributed by atoms with Crippen molar-refractivity contribution in [3.05, 3.63) is 35.4 Å². The highest BCUT2D eigenvalue weighted by atomic mass is 19.1. The first-order valence-corrected chi connectivity index (χ1v) is 7.08. The van der Waals surface area contributed by atoms with Gasteiger partial charge in [-0.3, -0.25) is 4.99 Å². The molecular formula is C15H21F2N3. The van der Waals surface area contributed by atoms with Gasteiger partial charge >= 0.3 is 0 Å². The molecule has 0 spiro atoms. The number of benzene rings is 1. The van der Waals surface area contributed by atoms with E-state index >= 15 is 0 Å². The normalized spacial score (nSPS) is 21.7. The molecule has 0 radical (unpaired) electrons. The Morgan fingerprint density at radius 2 is 1.95 bits per heavy atom. The highest BCUT2D eigenvalue weighted by Crippen LogP contribution is 2.28. The third-order valence-electron chi connectivity index (χ3n) is 3.37. The van der Waals surface area contributed by atoms with Gasteiger partial charge < -0.3 is 10.6 Å². The summed E-state index contributed by atoms with van der Waals surface area (Å²) in [6.45, 7) is 5.49. The molecule has 0 bridgehead atoms. The Hall–Kier alpha value is -1.65. The van der Waals surface area contributed by atoms with E-state index in [0.29, 0.717) is 30.5 Å². The molecule has 0 saturated heterocycles. The highest BCUT2D eigenvalue weighted by molar-refractivity contribution is 5.80. The maximum absolute atomic E-state index is 13.1. The minimum atomic E-state index is -0.541. The third kappa shape index (κ3) is 4.47. The number of aliphatic imine (C=N–C) groups is 1. The van der Waals surface area contributed by atoms with Crippen LogP contribution >= 0.6 is 0 Å². The van der Waals surface area contributed by atoms with E-state index in [-0.39, 0.29) is 0 Å². The van der Waals surface area contributed by atoms with Gasteiger partial charge in [-0.05, 0) is 43.4 Å². The van der Waals surface area contributed by atoms with Gasteiger partial charge in [-0.1, -0.05) is 6.92 Å². The molecule has 2 rings (SSSR count). The summed E-state index contributed by atoms with van der Waals surface area (Å²) in [7, 11) is 0. The first-order valence-electron chi connectivity index (χ1n) is 7.08. The van der Waals surface area contributed by atoms with Crippen LogP contribution in [-0.2, 0) is 6.42 Å². The smallest absolute Gasteiger partial charge is 0.191 e. The second-order valence-corrected chi connectivity index (χ2v) is 5.25. The molecule has 0 amide bonds. The first kappa shape index (κ1) is 14.8. The van der Waals surface area contributed by atoms with E-state index in [9.17, 15) is 8.78 Å². The molecule has 2 N–H and O–H groups in total. The number of rotatable bonds is 5. The van der Waals surface area contributed by atoms with Crippen molar-refractivity contribution < 1.29 is 8.78 Å². The molecule has 1 fully saturated rings. The van der Waals surface area contributed by atoms with Crippen LogP contribution in [0.1, 0.15) is 25.8 Å². The van der Waals surface area contributed by atoms with Crippen LogP contribution in [0.4, 0.5) is 8.78 Å². The van der Waals surface area contributed by atoms with Gasteiger partial charge in [-0.2, -0.15) is 0 Å². The molecule has 0 aliphatic heterocycles. The molecule has 1 aromatic rings. The second kappa shape index (κ2) is 6.68. The van der Waals surface area contributed by atoms with Gasteiger partial charge in [0.15, 0.2) is 5.96 Å². The molecule has 2 atom stereocenters. The molecule has 110 valence electrons. The number of nitrogens with one attached hydrogen (secondary N) is 2. The molecule has 0 aromatic heterocycles. The van der Waals surface area contributed by atoms with Crippen LogP contribution in [-0.4, -0.2) is 25.1 Å². The summed E-state index contributed by atoms with van der Waals surface area (Å²) in [5.74, 6) is 0.386. The zero-order chi connectivity index (χ0) is 14.5. The van der Waals surface area contributed by atoms with Crippen LogP contribution in [0.25, 0.3) is 0 Å². The molecular weight excluding hydrogens is 260 g/mol. The van der Waals surface area contributed by atoms with Gasteiger partial charge in [-0.25, -0.2) is 8.78 Å². The Morgan fingerprint density at radius 1 is 1.30 bits per heavy atom. The summed E-state index contributed by atoms with van der Waals surface area (Å²) in [6, 6.07) is 4.08. The number of hydrogen-bond acceptors (Lipinski definition) is 1. The SMILES string of the molecule is CCNC(=NCCc1cc(F)cc(F)c1)NC1CC1C. The van der Waals surface area contributed by atoms with Gasteiger partial charge in [0.1, 0.15) is 11.6 Å². The van der Waals surface area contributed by atoms with Crippen LogP contribution in [0.3, 0.4) is 0 Å². The van der Waals surface area contributed by atoms with Crippen molar-refractivity contribution in [2.75, 3.05) is 13.1 Å². The van der Waals surface area contributed by atoms with Gasteiger partial charge in [0.25, 0.3) is 0 Å². The zero-order valence-corrected chi connectivity index (χ0v) is 11.9. The van der Waals surface area contributed by atoms with Crippen molar-refractivity contribution in [3.8, 4) is 0 Å². The largest absolute Gasteiger partial charge is 0.357 e. The quantitative estimate of drug-likeness (QED) is 0.642. The Labute approximate surface area is 118 Å². The van der Waals surface area contributed by atoms with E-state index in [1.165, 1.54) is 18.6 Å². The minimum Gasteiger partial charge on any atom is -0.357 e. The predicted octanol–water partition coefficient (Wildman–Crippen LogP) is 2.47. The van der Waals surface area contributed by atoms with Crippen molar-refractivity contribution in [1.82, 2.24) is 10.6 Å². The Morgan fingerprint density at radius 3 is 2.50 bits per heavy atom. The van der Waals surface area contributed by atoms with Crippen molar-refractivity contribution in [1.29, 1.82) is 0 Å². The minimum absolute atomic E-state index is 0.499. The average Bonchev–Trinajstić information content (AvgIpc) is 3.03. The summed E-state index contributed by atoms with van der Waals surface area (Å²) < 4.78 is 26.1. The van der Waals surface area contributed by atoms with E-state index < -0.39 is 11.6 Å². The van der Waals surface area contributed by atoms with Crippen molar-refractivity contribution >= 4 is 5.96 Å². The number of halogens is 2. The fourth-order valence-corrected chi connectivity index (χ4v) is 2.07. The summed E-state index contributed by atoms with van der Waals surface area (Å²) in [6.07, 6.45) is 1.69. The standard InChI is InChI=1S/C15H21F2N3/c1-3-18-15(20-14-6-10(14)2)19-5-4-11-7-12(16)9-13(17)8-11/h7-10,14H,3-6H2,1-2H3,(H2,18,19,20). The summed E-state index contributed by atoms with van der Waals surface area (Å²) in [5, 5.41) is 6.52. The maximum atomic E-state index is 13.1. The van der Waals surface area contributed by atoms with E-state index in [0.717, 1.165) is 18.6 Å². The van der Waals surface area contributed by atoms with Gasteiger partial charge in [0.2, 0.25) is 0 Å². The van der Waals surface area contributed by atoms with E-state index in [2.05, 4.69) is 22.5 Å². The average molecular weight is 281 g/mol. The van der Waals surface area contributed by atoms with E-state index in [4.69, 9.17) is 0 Å². The predicted molar refractivity (Wildman–Crippen MR) is 76.7 cm³/mol. The van der Waals surface area contributed by atoms with Crippen LogP contribution in [0.15, 0.2) is 23.2 Å². The van der Waals surface area contributed by atoms with Crippen LogP contribution in [0.2, 0.25) is 0 Å². The molecule has 3 nitrogen and oxygen atoms in total. The molecule has 1 saturated carbocycles. The lowest BCUT2D eigenvalue weighted by molar-refractivity contribution is 0.579. The summed E-state index contributed by atoms with van der Waals surface area (Å²) in [5.41, 5.74) is 0.627. The third-order valence-corrected chi connectivity index (χ3v) is 3.37. The molecule has 5 heteroatoms. The van der Waals surface area contributed by atoms with Gasteiger partial charge in [0.05, 0.1) is 0 Å². The first-order chi connectivity index (χ1) is 9.58. The maximum Gasteiger partial charge on any atom is 0.191 e. The van der Waals surface area contributed by atoms with Crippen LogP contribution < -0.4 is 10.6 Å². The Kier molecular flexibility index (Phi) is 4.93. The number of guanidine groups is 1. The topological polar surface area (TPSA) is 36.4 Å². The Bertz CT molecular complexity index is 468. The summed E-state index contributed by atoms with van der Waals surface area (Å²) in [4.78, 5) is 4.43. The molecule has 1 aliphatic carbocycles. The zero-order valence-electron chi connectivity index (χ0n) is 11.9. The van der Waals surface area contributed by atoms with Gasteiger partial charge in [0, 0.05) is 25.2 Å². The van der Waals surface area contributed by atoms with Crippen LogP contribution in [0, 0.1) is 17.6 Å². The molecule has 0 heterocycles. The lowest BCUT2D eigenvalue weighted by Gasteiger charge is -2.10. The van der Waals surface area contributed by atoms with E-state index in [1.54, 1.807) is 0 Å². The monoisotopic (exact) mass is 281 g/mol. The fourth-order valence-electron chi connectivity index (χ4n) is 2.07. The Balaban J connectivity index is 1.88. The van der Waals surface area contributed by atoms with Crippen LogP contribution in [0.5, 0.6) is 0 Å². The van der Waals surface area contributed by atoms with E-state index in [1.807, 2.05) is 6.92 Å². The number of nitrogens with zero attached hydrogens (tertiary/aromatic N) is 1. The highest BCUT2D eigenvalue weighted by Gasteiger charge is 2.33. The molecule has 1 aliphatic rings.